The predicted molar refractivity (Wildman–Crippen MR) is 154 cm³/mol. The van der Waals surface area contributed by atoms with Gasteiger partial charge in [0, 0.05) is 53.7 Å². The number of hydrogen-bond acceptors (Lipinski definition) is 2. The van der Waals surface area contributed by atoms with Crippen molar-refractivity contribution < 1.29 is 9.90 Å². The molecule has 0 bridgehead atoms. The Morgan fingerprint density at radius 2 is 1.68 bits per heavy atom. The molecule has 0 radical (unpaired) electrons. The molecule has 0 amide bonds. The van der Waals surface area contributed by atoms with E-state index in [2.05, 4.69) is 44.9 Å². The molecule has 5 nitrogen and oxygen atoms in total. The van der Waals surface area contributed by atoms with Crippen molar-refractivity contribution in [2.75, 3.05) is 0 Å². The first kappa shape index (κ1) is 24.0. The molecule has 3 aliphatic rings. The minimum Gasteiger partial charge on any atom is -0.478 e. The Kier molecular flexibility index (Phi) is 6.27. The number of fused-ring (bicyclic) bond motifs is 4. The Morgan fingerprint density at radius 3 is 2.47 bits per heavy atom. The fraction of sp³-hybridized carbons (Fsp3) is 0.485. The van der Waals surface area contributed by atoms with E-state index in [1.54, 1.807) is 0 Å². The quantitative estimate of drug-likeness (QED) is 0.288. The number of rotatable bonds is 5. The molecule has 198 valence electrons. The van der Waals surface area contributed by atoms with Gasteiger partial charge in [0.05, 0.1) is 16.8 Å². The van der Waals surface area contributed by atoms with Gasteiger partial charge in [0.2, 0.25) is 0 Å². The Hall–Kier alpha value is -3.05. The highest BCUT2D eigenvalue weighted by Gasteiger charge is 2.29. The molecule has 0 unspecified atom stereocenters. The van der Waals surface area contributed by atoms with E-state index < -0.39 is 5.97 Å². The summed E-state index contributed by atoms with van der Waals surface area (Å²) in [5, 5.41) is 16.3. The van der Waals surface area contributed by atoms with Crippen LogP contribution in [-0.2, 0) is 19.6 Å². The van der Waals surface area contributed by atoms with Crippen molar-refractivity contribution in [3.8, 4) is 11.3 Å². The Morgan fingerprint density at radius 1 is 0.895 bits per heavy atom. The molecule has 7 rings (SSSR count). The van der Waals surface area contributed by atoms with Gasteiger partial charge in [0.15, 0.2) is 0 Å². The summed E-state index contributed by atoms with van der Waals surface area (Å²) in [7, 11) is 0. The molecule has 3 heterocycles. The first-order chi connectivity index (χ1) is 18.7. The fourth-order valence-electron chi connectivity index (χ4n) is 7.74. The smallest absolute Gasteiger partial charge is 0.335 e. The molecular formula is C33H39N3O2. The maximum atomic E-state index is 11.9. The molecule has 1 aliphatic heterocycles. The second kappa shape index (κ2) is 9.92. The van der Waals surface area contributed by atoms with Crippen LogP contribution >= 0.6 is 0 Å². The van der Waals surface area contributed by atoms with Crippen molar-refractivity contribution in [2.45, 2.75) is 102 Å². The van der Waals surface area contributed by atoms with Crippen LogP contribution in [0.2, 0.25) is 0 Å². The lowest BCUT2D eigenvalue weighted by Gasteiger charge is -2.25. The van der Waals surface area contributed by atoms with E-state index in [-0.39, 0.29) is 0 Å². The summed E-state index contributed by atoms with van der Waals surface area (Å²) >= 11 is 0. The molecule has 0 atom stereocenters. The van der Waals surface area contributed by atoms with E-state index in [4.69, 9.17) is 0 Å². The summed E-state index contributed by atoms with van der Waals surface area (Å²) in [5.41, 5.74) is 8.35. The third kappa shape index (κ3) is 4.07. The molecule has 2 fully saturated rings. The van der Waals surface area contributed by atoms with Gasteiger partial charge < -0.3 is 19.6 Å². The number of aromatic carboxylic acids is 1. The lowest BCUT2D eigenvalue weighted by atomic mass is 9.81. The second-order valence-corrected chi connectivity index (χ2v) is 11.9. The highest BCUT2D eigenvalue weighted by molar-refractivity contribution is 6.03. The SMILES string of the molecule is O=C(O)c1ccc2c(C3CCCCC3)c3n(c2c1)CCCn1cc(CNC2CCCCC2)c2cccc-3c21. The molecular weight excluding hydrogens is 470 g/mol. The van der Waals surface area contributed by atoms with Gasteiger partial charge >= 0.3 is 5.97 Å². The normalized spacial score (nSPS) is 18.9. The Labute approximate surface area is 224 Å². The zero-order valence-electron chi connectivity index (χ0n) is 22.3. The fourth-order valence-corrected chi connectivity index (χ4v) is 7.74. The maximum absolute atomic E-state index is 11.9. The predicted octanol–water partition coefficient (Wildman–Crippen LogP) is 7.83. The number of aromatic nitrogens is 2. The van der Waals surface area contributed by atoms with Crippen molar-refractivity contribution >= 4 is 27.8 Å². The highest BCUT2D eigenvalue weighted by Crippen LogP contribution is 2.47. The van der Waals surface area contributed by atoms with Gasteiger partial charge in [-0.15, -0.1) is 0 Å². The number of benzene rings is 2. The number of carboxylic acid groups (broad SMARTS) is 1. The van der Waals surface area contributed by atoms with Crippen LogP contribution in [0.15, 0.2) is 42.6 Å². The number of carbonyl (C=O) groups is 1. The van der Waals surface area contributed by atoms with Crippen molar-refractivity contribution in [1.29, 1.82) is 0 Å². The summed E-state index contributed by atoms with van der Waals surface area (Å²) in [6, 6.07) is 13.3. The molecule has 4 aromatic rings. The summed E-state index contributed by atoms with van der Waals surface area (Å²) in [6.45, 7) is 2.82. The van der Waals surface area contributed by atoms with E-state index in [0.717, 1.165) is 31.6 Å². The summed E-state index contributed by atoms with van der Waals surface area (Å²) < 4.78 is 4.98. The third-order valence-corrected chi connectivity index (χ3v) is 9.57. The zero-order chi connectivity index (χ0) is 25.6. The van der Waals surface area contributed by atoms with Gasteiger partial charge in [-0.2, -0.15) is 0 Å². The zero-order valence-corrected chi connectivity index (χ0v) is 22.3. The Bertz CT molecular complexity index is 1500. The number of hydrogen-bond donors (Lipinski definition) is 2. The van der Waals surface area contributed by atoms with E-state index in [1.165, 1.54) is 103 Å². The van der Waals surface area contributed by atoms with Gasteiger partial charge in [-0.3, -0.25) is 0 Å². The topological polar surface area (TPSA) is 59.2 Å². The van der Waals surface area contributed by atoms with E-state index in [0.29, 0.717) is 17.5 Å². The summed E-state index contributed by atoms with van der Waals surface area (Å²) in [6.07, 6.45) is 16.4. The first-order valence-corrected chi connectivity index (χ1v) is 14.9. The highest BCUT2D eigenvalue weighted by atomic mass is 16.4. The van der Waals surface area contributed by atoms with Crippen LogP contribution in [0.25, 0.3) is 33.1 Å². The molecule has 5 heteroatoms. The van der Waals surface area contributed by atoms with Crippen molar-refractivity contribution in [3.05, 3.63) is 59.3 Å². The van der Waals surface area contributed by atoms with Gasteiger partial charge in [-0.25, -0.2) is 4.79 Å². The van der Waals surface area contributed by atoms with Crippen LogP contribution in [0.5, 0.6) is 0 Å². The number of para-hydroxylation sites is 1. The van der Waals surface area contributed by atoms with Gasteiger partial charge in [-0.1, -0.05) is 62.8 Å². The van der Waals surface area contributed by atoms with Crippen LogP contribution in [0.3, 0.4) is 0 Å². The molecule has 2 aromatic carbocycles. The van der Waals surface area contributed by atoms with Crippen molar-refractivity contribution in [2.24, 2.45) is 0 Å². The minimum absolute atomic E-state index is 0.382. The number of nitrogens with zero attached hydrogens (tertiary/aromatic N) is 2. The van der Waals surface area contributed by atoms with Crippen LogP contribution in [-0.4, -0.2) is 26.3 Å². The third-order valence-electron chi connectivity index (χ3n) is 9.57. The largest absolute Gasteiger partial charge is 0.478 e. The molecule has 38 heavy (non-hydrogen) atoms. The maximum Gasteiger partial charge on any atom is 0.335 e. The number of aryl methyl sites for hydroxylation is 2. The van der Waals surface area contributed by atoms with Gasteiger partial charge in [-0.05, 0) is 61.3 Å². The average molecular weight is 510 g/mol. The molecule has 2 N–H and O–H groups in total. The lowest BCUT2D eigenvalue weighted by Crippen LogP contribution is -2.30. The Balaban J connectivity index is 1.41. The standard InChI is InChI=1S/C33H39N3O2/c37-33(38)23-15-16-27-29(19-23)36-18-8-17-35-21-24(20-34-25-11-5-2-6-12-25)26-13-7-14-28(31(26)35)32(36)30(27)22-9-3-1-4-10-22/h7,13-16,19,21-22,25,34H,1-6,8-12,17-18,20H2,(H,37,38). The molecule has 2 aliphatic carbocycles. The molecule has 2 aromatic heterocycles. The van der Waals surface area contributed by atoms with E-state index in [9.17, 15) is 9.90 Å². The van der Waals surface area contributed by atoms with E-state index in [1.807, 2.05) is 12.1 Å². The summed E-state index contributed by atoms with van der Waals surface area (Å²) in [4.78, 5) is 11.9. The molecule has 0 spiro atoms. The van der Waals surface area contributed by atoms with Crippen LogP contribution in [0.4, 0.5) is 0 Å². The molecule has 2 saturated carbocycles. The second-order valence-electron chi connectivity index (χ2n) is 11.9. The van der Waals surface area contributed by atoms with Crippen molar-refractivity contribution in [3.63, 3.8) is 0 Å². The average Bonchev–Trinajstić information content (AvgIpc) is 3.47. The number of carboxylic acids is 1. The van der Waals surface area contributed by atoms with E-state index >= 15 is 0 Å². The lowest BCUT2D eigenvalue weighted by molar-refractivity contribution is 0.0697. The monoisotopic (exact) mass is 509 g/mol. The van der Waals surface area contributed by atoms with Crippen LogP contribution in [0, 0.1) is 0 Å². The minimum atomic E-state index is -0.849. The van der Waals surface area contributed by atoms with Gasteiger partial charge in [0.1, 0.15) is 0 Å². The van der Waals surface area contributed by atoms with Crippen LogP contribution < -0.4 is 5.32 Å². The van der Waals surface area contributed by atoms with Gasteiger partial charge in [0.25, 0.3) is 0 Å². The van der Waals surface area contributed by atoms with Crippen molar-refractivity contribution in [1.82, 2.24) is 14.5 Å². The first-order valence-electron chi connectivity index (χ1n) is 14.9. The molecule has 0 saturated heterocycles. The number of nitrogens with one attached hydrogen (secondary N) is 1. The summed E-state index contributed by atoms with van der Waals surface area (Å²) in [5.74, 6) is -0.317. The van der Waals surface area contributed by atoms with Crippen LogP contribution in [0.1, 0.15) is 98.0 Å².